The Hall–Kier alpha value is -0.670. The highest BCUT2D eigenvalue weighted by Gasteiger charge is 2.14. The molecule has 0 aliphatic rings. The van der Waals surface area contributed by atoms with Crippen LogP contribution in [-0.4, -0.2) is 6.54 Å². The number of rotatable bonds is 6. The van der Waals surface area contributed by atoms with Crippen LogP contribution in [0.4, 0.5) is 4.39 Å². The molecule has 1 atom stereocenters. The van der Waals surface area contributed by atoms with Crippen molar-refractivity contribution >= 4 is 15.9 Å². The lowest BCUT2D eigenvalue weighted by Crippen LogP contribution is -2.22. The summed E-state index contributed by atoms with van der Waals surface area (Å²) in [7, 11) is 0. The van der Waals surface area contributed by atoms with Crippen molar-refractivity contribution in [3.05, 3.63) is 46.2 Å². The Labute approximate surface area is 111 Å². The minimum Gasteiger partial charge on any atom is -0.310 e. The average Bonchev–Trinajstić information content (AvgIpc) is 2.27. The fraction of sp³-hybridized carbons (Fsp3) is 0.429. The molecule has 1 nitrogen and oxygen atoms in total. The third kappa shape index (κ3) is 4.60. The molecule has 0 amide bonds. The van der Waals surface area contributed by atoms with Crippen LogP contribution in [-0.2, 0) is 0 Å². The van der Waals surface area contributed by atoms with Crippen LogP contribution in [0.15, 0.2) is 34.8 Å². The van der Waals surface area contributed by atoms with Crippen molar-refractivity contribution < 1.29 is 4.39 Å². The fourth-order valence-corrected chi connectivity index (χ4v) is 2.26. The maximum absolute atomic E-state index is 13.3. The van der Waals surface area contributed by atoms with Crippen molar-refractivity contribution in [2.45, 2.75) is 32.7 Å². The molecular formula is C14H19BrFN. The first-order valence-corrected chi connectivity index (χ1v) is 6.66. The van der Waals surface area contributed by atoms with Crippen LogP contribution in [0, 0.1) is 5.82 Å². The molecular weight excluding hydrogens is 281 g/mol. The van der Waals surface area contributed by atoms with E-state index in [1.807, 2.05) is 6.92 Å². The van der Waals surface area contributed by atoms with Gasteiger partial charge in [0.25, 0.3) is 0 Å². The summed E-state index contributed by atoms with van der Waals surface area (Å²) in [6.07, 6.45) is 1.88. The van der Waals surface area contributed by atoms with Crippen LogP contribution >= 0.6 is 15.9 Å². The third-order valence-electron chi connectivity index (χ3n) is 2.53. The molecule has 1 aromatic rings. The van der Waals surface area contributed by atoms with Crippen molar-refractivity contribution in [3.8, 4) is 0 Å². The zero-order valence-corrected chi connectivity index (χ0v) is 12.0. The van der Waals surface area contributed by atoms with Crippen molar-refractivity contribution in [1.29, 1.82) is 0 Å². The molecule has 1 rings (SSSR count). The minimum absolute atomic E-state index is 0.123. The largest absolute Gasteiger partial charge is 0.310 e. The van der Waals surface area contributed by atoms with E-state index in [-0.39, 0.29) is 11.9 Å². The van der Waals surface area contributed by atoms with E-state index in [0.717, 1.165) is 35.0 Å². The Morgan fingerprint density at radius 1 is 1.53 bits per heavy atom. The van der Waals surface area contributed by atoms with Gasteiger partial charge in [-0.15, -0.1) is 6.58 Å². The van der Waals surface area contributed by atoms with Crippen LogP contribution in [0.2, 0.25) is 0 Å². The summed E-state index contributed by atoms with van der Waals surface area (Å²) in [5.74, 6) is -0.201. The van der Waals surface area contributed by atoms with Gasteiger partial charge in [-0.1, -0.05) is 28.4 Å². The minimum atomic E-state index is -0.201. The normalized spacial score (nSPS) is 12.5. The highest BCUT2D eigenvalue weighted by atomic mass is 79.9. The number of nitrogens with one attached hydrogen (secondary N) is 1. The van der Waals surface area contributed by atoms with E-state index in [0.29, 0.717) is 0 Å². The van der Waals surface area contributed by atoms with Crippen LogP contribution in [0.5, 0.6) is 0 Å². The molecule has 3 heteroatoms. The summed E-state index contributed by atoms with van der Waals surface area (Å²) >= 11 is 3.48. The summed E-state index contributed by atoms with van der Waals surface area (Å²) in [5, 5.41) is 3.43. The van der Waals surface area contributed by atoms with Gasteiger partial charge in [-0.25, -0.2) is 4.39 Å². The molecule has 0 fully saturated rings. The monoisotopic (exact) mass is 299 g/mol. The number of benzene rings is 1. The zero-order chi connectivity index (χ0) is 12.8. The van der Waals surface area contributed by atoms with Gasteiger partial charge in [0, 0.05) is 10.5 Å². The first kappa shape index (κ1) is 14.4. The Morgan fingerprint density at radius 2 is 2.24 bits per heavy atom. The molecule has 1 unspecified atom stereocenters. The second-order valence-electron chi connectivity index (χ2n) is 4.33. The lowest BCUT2D eigenvalue weighted by molar-refractivity contribution is 0.521. The van der Waals surface area contributed by atoms with Crippen molar-refractivity contribution in [1.82, 2.24) is 5.32 Å². The molecule has 0 radical (unpaired) electrons. The fourth-order valence-electron chi connectivity index (χ4n) is 1.74. The topological polar surface area (TPSA) is 12.0 Å². The van der Waals surface area contributed by atoms with Gasteiger partial charge in [0.15, 0.2) is 0 Å². The highest BCUT2D eigenvalue weighted by molar-refractivity contribution is 9.10. The van der Waals surface area contributed by atoms with Crippen molar-refractivity contribution in [2.24, 2.45) is 0 Å². The quantitative estimate of drug-likeness (QED) is 0.757. The van der Waals surface area contributed by atoms with Crippen LogP contribution in [0.25, 0.3) is 0 Å². The second-order valence-corrected chi connectivity index (χ2v) is 5.19. The lowest BCUT2D eigenvalue weighted by atomic mass is 10.00. The smallest absolute Gasteiger partial charge is 0.123 e. The summed E-state index contributed by atoms with van der Waals surface area (Å²) in [6, 6.07) is 4.92. The van der Waals surface area contributed by atoms with Crippen LogP contribution < -0.4 is 5.32 Å². The molecule has 0 aliphatic heterocycles. The Morgan fingerprint density at radius 3 is 2.82 bits per heavy atom. The van der Waals surface area contributed by atoms with E-state index in [4.69, 9.17) is 0 Å². The van der Waals surface area contributed by atoms with Gasteiger partial charge in [-0.3, -0.25) is 0 Å². The van der Waals surface area contributed by atoms with Crippen LogP contribution in [0.3, 0.4) is 0 Å². The molecule has 0 saturated heterocycles. The first-order valence-electron chi connectivity index (χ1n) is 5.87. The molecule has 1 N–H and O–H groups in total. The van der Waals surface area contributed by atoms with Crippen molar-refractivity contribution in [3.63, 3.8) is 0 Å². The second kappa shape index (κ2) is 6.92. The standard InChI is InChI=1S/C14H19BrFN/c1-4-7-17-14(8-10(2)3)12-9-11(16)5-6-13(12)15/h5-6,9,14,17H,2,4,7-8H2,1,3H3. The third-order valence-corrected chi connectivity index (χ3v) is 3.25. The van der Waals surface area contributed by atoms with Gasteiger partial charge in [0.05, 0.1) is 0 Å². The predicted molar refractivity (Wildman–Crippen MR) is 74.6 cm³/mol. The van der Waals surface area contributed by atoms with Gasteiger partial charge in [0.2, 0.25) is 0 Å². The zero-order valence-electron chi connectivity index (χ0n) is 10.4. The molecule has 0 heterocycles. The molecule has 0 saturated carbocycles. The average molecular weight is 300 g/mol. The summed E-state index contributed by atoms with van der Waals surface area (Å²) in [5.41, 5.74) is 2.05. The van der Waals surface area contributed by atoms with Crippen molar-refractivity contribution in [2.75, 3.05) is 6.54 Å². The number of hydrogen-bond donors (Lipinski definition) is 1. The molecule has 94 valence electrons. The van der Waals surface area contributed by atoms with Gasteiger partial charge >= 0.3 is 0 Å². The van der Waals surface area contributed by atoms with Gasteiger partial charge in [-0.2, -0.15) is 0 Å². The van der Waals surface area contributed by atoms with E-state index >= 15 is 0 Å². The maximum Gasteiger partial charge on any atom is 0.123 e. The molecule has 0 spiro atoms. The first-order chi connectivity index (χ1) is 8.04. The summed E-state index contributed by atoms with van der Waals surface area (Å²) < 4.78 is 14.2. The lowest BCUT2D eigenvalue weighted by Gasteiger charge is -2.20. The Kier molecular flexibility index (Phi) is 5.86. The molecule has 17 heavy (non-hydrogen) atoms. The maximum atomic E-state index is 13.3. The number of halogens is 2. The summed E-state index contributed by atoms with van der Waals surface area (Å²) in [6.45, 7) is 8.96. The summed E-state index contributed by atoms with van der Waals surface area (Å²) in [4.78, 5) is 0. The van der Waals surface area contributed by atoms with Gasteiger partial charge < -0.3 is 5.32 Å². The van der Waals surface area contributed by atoms with E-state index in [2.05, 4.69) is 34.7 Å². The SMILES string of the molecule is C=C(C)CC(NCCC)c1cc(F)ccc1Br. The Balaban J connectivity index is 2.93. The van der Waals surface area contributed by atoms with E-state index in [1.165, 1.54) is 6.07 Å². The predicted octanol–water partition coefficient (Wildman–Crippen LogP) is 4.60. The molecule has 1 aromatic carbocycles. The van der Waals surface area contributed by atoms with E-state index < -0.39 is 0 Å². The van der Waals surface area contributed by atoms with Crippen LogP contribution in [0.1, 0.15) is 38.3 Å². The molecule has 0 aromatic heterocycles. The molecule has 0 bridgehead atoms. The van der Waals surface area contributed by atoms with Gasteiger partial charge in [0.1, 0.15) is 5.82 Å². The van der Waals surface area contributed by atoms with E-state index in [9.17, 15) is 4.39 Å². The molecule has 0 aliphatic carbocycles. The Bertz CT molecular complexity index is 390. The van der Waals surface area contributed by atoms with Gasteiger partial charge in [-0.05, 0) is 50.1 Å². The highest BCUT2D eigenvalue weighted by Crippen LogP contribution is 2.28. The van der Waals surface area contributed by atoms with E-state index in [1.54, 1.807) is 12.1 Å². The number of hydrogen-bond acceptors (Lipinski definition) is 1.